The van der Waals surface area contributed by atoms with Gasteiger partial charge < -0.3 is 16.2 Å². The summed E-state index contributed by atoms with van der Waals surface area (Å²) in [5, 5.41) is 16.0. The lowest BCUT2D eigenvalue weighted by Gasteiger charge is -2.11. The number of aryl methyl sites for hydroxylation is 1. The molecule has 25 heavy (non-hydrogen) atoms. The average Bonchev–Trinajstić information content (AvgIpc) is 2.98. The monoisotopic (exact) mass is 364 g/mol. The van der Waals surface area contributed by atoms with Crippen molar-refractivity contribution in [1.82, 2.24) is 9.78 Å². The third-order valence-electron chi connectivity index (χ3n) is 3.69. The van der Waals surface area contributed by atoms with Crippen LogP contribution in [0, 0.1) is 12.7 Å². The Morgan fingerprint density at radius 3 is 2.84 bits per heavy atom. The number of fused-ring (bicyclic) bond motifs is 1. The molecule has 1 aromatic heterocycles. The van der Waals surface area contributed by atoms with E-state index in [0.717, 1.165) is 11.3 Å². The Balaban J connectivity index is 0.00000225. The van der Waals surface area contributed by atoms with Crippen LogP contribution in [0.2, 0.25) is 0 Å². The van der Waals surface area contributed by atoms with Crippen LogP contribution in [-0.4, -0.2) is 33.4 Å². The zero-order chi connectivity index (χ0) is 17.3. The van der Waals surface area contributed by atoms with E-state index in [9.17, 15) is 9.18 Å². The Labute approximate surface area is 149 Å². The molecule has 3 aromatic rings. The van der Waals surface area contributed by atoms with Crippen LogP contribution in [-0.2, 0) is 4.79 Å². The Bertz CT molecular complexity index is 913. The molecule has 0 saturated carbocycles. The van der Waals surface area contributed by atoms with Crippen LogP contribution < -0.4 is 11.1 Å². The third kappa shape index (κ3) is 3.79. The van der Waals surface area contributed by atoms with Crippen LogP contribution in [0.5, 0.6) is 0 Å². The number of carbonyl (C=O) groups is 1. The molecule has 0 aliphatic carbocycles. The fourth-order valence-corrected chi connectivity index (χ4v) is 2.44. The van der Waals surface area contributed by atoms with Crippen LogP contribution in [0.25, 0.3) is 16.6 Å². The molecule has 8 heteroatoms. The first kappa shape index (κ1) is 18.9. The minimum atomic E-state index is -1.06. The summed E-state index contributed by atoms with van der Waals surface area (Å²) in [5.41, 5.74) is 8.08. The van der Waals surface area contributed by atoms with Gasteiger partial charge in [-0.25, -0.2) is 9.07 Å². The van der Waals surface area contributed by atoms with Gasteiger partial charge in [-0.05, 0) is 36.8 Å². The molecule has 0 fully saturated rings. The molecule has 0 saturated heterocycles. The molecule has 0 bridgehead atoms. The van der Waals surface area contributed by atoms with Crippen molar-refractivity contribution >= 4 is 34.9 Å². The molecule has 132 valence electrons. The summed E-state index contributed by atoms with van der Waals surface area (Å²) in [6.45, 7) is 1.47. The first-order chi connectivity index (χ1) is 11.5. The smallest absolute Gasteiger partial charge is 0.243 e. The summed E-state index contributed by atoms with van der Waals surface area (Å²) in [7, 11) is 0. The summed E-state index contributed by atoms with van der Waals surface area (Å²) in [5.74, 6) is -1.09. The molecule has 4 N–H and O–H groups in total. The highest BCUT2D eigenvalue weighted by atomic mass is 35.5. The number of nitrogens with two attached hydrogens (primary N) is 1. The molecular formula is C17H18ClFN4O2. The number of nitrogens with one attached hydrogen (secondary N) is 1. The van der Waals surface area contributed by atoms with Crippen molar-refractivity contribution in [1.29, 1.82) is 0 Å². The minimum Gasteiger partial charge on any atom is -0.394 e. The van der Waals surface area contributed by atoms with E-state index in [-0.39, 0.29) is 18.1 Å². The maximum Gasteiger partial charge on any atom is 0.243 e. The van der Waals surface area contributed by atoms with Crippen LogP contribution in [0.15, 0.2) is 42.6 Å². The molecule has 3 rings (SSSR count). The molecule has 1 heterocycles. The second-order valence-electron chi connectivity index (χ2n) is 5.56. The van der Waals surface area contributed by atoms with Gasteiger partial charge in [-0.1, -0.05) is 12.1 Å². The van der Waals surface area contributed by atoms with E-state index < -0.39 is 24.4 Å². The SMILES string of the molecule is Cc1cccc(-n2ncc3c(F)cc(NC(=O)[C@@H](N)CO)cc32)c1.Cl. The van der Waals surface area contributed by atoms with Crippen molar-refractivity contribution in [3.63, 3.8) is 0 Å². The number of halogens is 2. The van der Waals surface area contributed by atoms with E-state index in [4.69, 9.17) is 10.8 Å². The molecule has 0 aliphatic rings. The Morgan fingerprint density at radius 1 is 1.40 bits per heavy atom. The summed E-state index contributed by atoms with van der Waals surface area (Å²) in [6.07, 6.45) is 1.44. The number of hydrogen-bond acceptors (Lipinski definition) is 4. The van der Waals surface area contributed by atoms with Crippen LogP contribution >= 0.6 is 12.4 Å². The van der Waals surface area contributed by atoms with Crippen molar-refractivity contribution in [2.24, 2.45) is 5.73 Å². The molecule has 0 aliphatic heterocycles. The first-order valence-corrected chi connectivity index (χ1v) is 7.41. The van der Waals surface area contributed by atoms with Gasteiger partial charge in [-0.3, -0.25) is 4.79 Å². The largest absolute Gasteiger partial charge is 0.394 e. The van der Waals surface area contributed by atoms with E-state index in [2.05, 4.69) is 10.4 Å². The van der Waals surface area contributed by atoms with Crippen molar-refractivity contribution in [3.05, 3.63) is 54.0 Å². The van der Waals surface area contributed by atoms with Crippen molar-refractivity contribution < 1.29 is 14.3 Å². The zero-order valence-electron chi connectivity index (χ0n) is 13.4. The molecule has 0 unspecified atom stereocenters. The summed E-state index contributed by atoms with van der Waals surface area (Å²) >= 11 is 0. The van der Waals surface area contributed by atoms with Gasteiger partial charge in [-0.2, -0.15) is 5.10 Å². The molecule has 2 aromatic carbocycles. The lowest BCUT2D eigenvalue weighted by molar-refractivity contribution is -0.118. The topological polar surface area (TPSA) is 93.2 Å². The Hall–Kier alpha value is -2.48. The van der Waals surface area contributed by atoms with Gasteiger partial charge in [0.05, 0.1) is 29.4 Å². The first-order valence-electron chi connectivity index (χ1n) is 7.41. The third-order valence-corrected chi connectivity index (χ3v) is 3.69. The Kier molecular flexibility index (Phi) is 5.73. The molecule has 6 nitrogen and oxygen atoms in total. The normalized spacial score (nSPS) is 11.8. The fraction of sp³-hybridized carbons (Fsp3) is 0.176. The van der Waals surface area contributed by atoms with Gasteiger partial charge in [0, 0.05) is 5.69 Å². The quantitative estimate of drug-likeness (QED) is 0.661. The standard InChI is InChI=1S/C17H17FN4O2.ClH/c1-10-3-2-4-12(5-10)22-16-7-11(21-17(24)15(19)9-23)6-14(18)13(16)8-20-22;/h2-8,15,23H,9,19H2,1H3,(H,21,24);1H/t15-;/m0./s1. The molecule has 1 amide bonds. The average molecular weight is 365 g/mol. The predicted molar refractivity (Wildman–Crippen MR) is 96.7 cm³/mol. The summed E-state index contributed by atoms with van der Waals surface area (Å²) in [6, 6.07) is 9.40. The van der Waals surface area contributed by atoms with Crippen LogP contribution in [0.3, 0.4) is 0 Å². The number of aliphatic hydroxyl groups is 1. The van der Waals surface area contributed by atoms with E-state index in [1.807, 2.05) is 31.2 Å². The highest BCUT2D eigenvalue weighted by Gasteiger charge is 2.15. The number of hydrogen-bond donors (Lipinski definition) is 3. The highest BCUT2D eigenvalue weighted by Crippen LogP contribution is 2.25. The van der Waals surface area contributed by atoms with E-state index in [1.165, 1.54) is 12.3 Å². The number of nitrogens with zero attached hydrogens (tertiary/aromatic N) is 2. The maximum absolute atomic E-state index is 14.3. The van der Waals surface area contributed by atoms with Gasteiger partial charge in [0.25, 0.3) is 0 Å². The van der Waals surface area contributed by atoms with E-state index in [1.54, 1.807) is 10.7 Å². The van der Waals surface area contributed by atoms with Crippen molar-refractivity contribution in [2.75, 3.05) is 11.9 Å². The number of rotatable bonds is 4. The van der Waals surface area contributed by atoms with Crippen LogP contribution in [0.1, 0.15) is 5.56 Å². The van der Waals surface area contributed by atoms with Gasteiger partial charge in [-0.15, -0.1) is 12.4 Å². The van der Waals surface area contributed by atoms with Gasteiger partial charge in [0.1, 0.15) is 11.9 Å². The maximum atomic E-state index is 14.3. The van der Waals surface area contributed by atoms with Gasteiger partial charge in [0.2, 0.25) is 5.91 Å². The number of carbonyl (C=O) groups excluding carboxylic acids is 1. The lowest BCUT2D eigenvalue weighted by atomic mass is 10.2. The highest BCUT2D eigenvalue weighted by molar-refractivity contribution is 5.97. The lowest BCUT2D eigenvalue weighted by Crippen LogP contribution is -2.38. The molecule has 1 atom stereocenters. The summed E-state index contributed by atoms with van der Waals surface area (Å²) < 4.78 is 15.9. The predicted octanol–water partition coefficient (Wildman–Crippen LogP) is 2.15. The second-order valence-corrected chi connectivity index (χ2v) is 5.56. The van der Waals surface area contributed by atoms with Gasteiger partial charge >= 0.3 is 0 Å². The zero-order valence-corrected chi connectivity index (χ0v) is 14.3. The molecular weight excluding hydrogens is 347 g/mol. The number of anilines is 1. The number of aliphatic hydroxyl groups excluding tert-OH is 1. The van der Waals surface area contributed by atoms with Crippen LogP contribution in [0.4, 0.5) is 10.1 Å². The van der Waals surface area contributed by atoms with Crippen molar-refractivity contribution in [3.8, 4) is 5.69 Å². The number of amides is 1. The molecule has 0 spiro atoms. The van der Waals surface area contributed by atoms with E-state index in [0.29, 0.717) is 10.9 Å². The fourth-order valence-electron chi connectivity index (χ4n) is 2.44. The number of aromatic nitrogens is 2. The van der Waals surface area contributed by atoms with Crippen molar-refractivity contribution in [2.45, 2.75) is 13.0 Å². The summed E-state index contributed by atoms with van der Waals surface area (Å²) in [4.78, 5) is 11.8. The number of benzene rings is 2. The minimum absolute atomic E-state index is 0. The Morgan fingerprint density at radius 2 is 2.16 bits per heavy atom. The van der Waals surface area contributed by atoms with E-state index >= 15 is 0 Å². The van der Waals surface area contributed by atoms with Gasteiger partial charge in [0.15, 0.2) is 0 Å². The molecule has 0 radical (unpaired) electrons. The second kappa shape index (κ2) is 7.60.